The lowest BCUT2D eigenvalue weighted by Gasteiger charge is -2.53. The largest absolute Gasteiger partial charge is 0.299 e. The molecule has 0 aromatic rings. The van der Waals surface area contributed by atoms with Crippen LogP contribution in [0.15, 0.2) is 0 Å². The Kier molecular flexibility index (Phi) is 7.66. The molecule has 0 radical (unpaired) electrons. The van der Waals surface area contributed by atoms with Gasteiger partial charge in [0.1, 0.15) is 11.6 Å². The van der Waals surface area contributed by atoms with Crippen LogP contribution in [-0.2, 0) is 9.59 Å². The molecular formula is C18H34N4O2. The zero-order valence-corrected chi connectivity index (χ0v) is 16.6. The van der Waals surface area contributed by atoms with Crippen LogP contribution in [0.2, 0.25) is 0 Å². The summed E-state index contributed by atoms with van der Waals surface area (Å²) in [6.45, 7) is 14.6. The number of nitrogens with zero attached hydrogens (tertiary/aromatic N) is 3. The fourth-order valence-electron chi connectivity index (χ4n) is 3.56. The molecular weight excluding hydrogens is 304 g/mol. The number of ketones is 2. The van der Waals surface area contributed by atoms with Crippen molar-refractivity contribution in [3.05, 3.63) is 10.4 Å². The normalized spacial score (nSPS) is 20.5. The molecule has 1 rings (SSSR count). The van der Waals surface area contributed by atoms with E-state index >= 15 is 0 Å². The van der Waals surface area contributed by atoms with E-state index in [0.717, 1.165) is 12.8 Å². The first kappa shape index (κ1) is 22.6. The van der Waals surface area contributed by atoms with Crippen LogP contribution in [0.25, 0.3) is 10.4 Å². The van der Waals surface area contributed by atoms with E-state index < -0.39 is 5.41 Å². The number of rotatable bonds is 4. The quantitative estimate of drug-likeness (QED) is 0.347. The first-order valence-corrected chi connectivity index (χ1v) is 8.47. The maximum absolute atomic E-state index is 12.2. The summed E-state index contributed by atoms with van der Waals surface area (Å²) in [7, 11) is 2.17. The van der Waals surface area contributed by atoms with Crippen LogP contribution in [0, 0.1) is 16.9 Å². The Morgan fingerprint density at radius 3 is 1.88 bits per heavy atom. The Balaban J connectivity index is 0.00000163. The first-order valence-electron chi connectivity index (χ1n) is 8.47. The molecule has 0 saturated carbocycles. The monoisotopic (exact) mass is 338 g/mol. The van der Waals surface area contributed by atoms with Gasteiger partial charge in [0.15, 0.2) is 0 Å². The standard InChI is InChI=1S/C18H33NO2.HN3/c1-16(2,3)15(21)10-14(20)9-13-11-17(4,5)19(8)18(6,7)12-13;1-3-2/h13H,9-12H2,1-8H3;1H. The van der Waals surface area contributed by atoms with E-state index in [-0.39, 0.29) is 29.1 Å². The third-order valence-electron chi connectivity index (χ3n) is 5.10. The van der Waals surface area contributed by atoms with Crippen molar-refractivity contribution in [3.8, 4) is 0 Å². The molecule has 138 valence electrons. The van der Waals surface area contributed by atoms with E-state index in [2.05, 4.69) is 39.6 Å². The minimum Gasteiger partial charge on any atom is -0.299 e. The van der Waals surface area contributed by atoms with Crippen molar-refractivity contribution < 1.29 is 9.59 Å². The van der Waals surface area contributed by atoms with Gasteiger partial charge in [0.2, 0.25) is 0 Å². The second-order valence-corrected chi connectivity index (χ2v) is 9.15. The third-order valence-corrected chi connectivity index (χ3v) is 5.10. The lowest BCUT2D eigenvalue weighted by atomic mass is 9.72. The minimum absolute atomic E-state index is 0.0546. The van der Waals surface area contributed by atoms with E-state index in [1.807, 2.05) is 20.8 Å². The molecule has 0 atom stereocenters. The second-order valence-electron chi connectivity index (χ2n) is 9.15. The number of hydrogen-bond acceptors (Lipinski definition) is 4. The van der Waals surface area contributed by atoms with Gasteiger partial charge in [0.25, 0.3) is 0 Å². The van der Waals surface area contributed by atoms with Gasteiger partial charge in [-0.2, -0.15) is 0 Å². The molecule has 1 fully saturated rings. The number of carbonyl (C=O) groups is 2. The van der Waals surface area contributed by atoms with Crippen molar-refractivity contribution in [2.24, 2.45) is 11.3 Å². The Morgan fingerprint density at radius 2 is 1.54 bits per heavy atom. The second kappa shape index (κ2) is 8.13. The van der Waals surface area contributed by atoms with Gasteiger partial charge in [-0.25, -0.2) is 0 Å². The van der Waals surface area contributed by atoms with Gasteiger partial charge in [-0.1, -0.05) is 20.8 Å². The molecule has 6 heteroatoms. The van der Waals surface area contributed by atoms with Gasteiger partial charge < -0.3 is 0 Å². The highest BCUT2D eigenvalue weighted by atomic mass is 16.1. The molecule has 0 aliphatic carbocycles. The zero-order chi connectivity index (χ0) is 19.3. The molecule has 1 heterocycles. The molecule has 1 aliphatic heterocycles. The zero-order valence-electron chi connectivity index (χ0n) is 16.6. The van der Waals surface area contributed by atoms with Crippen LogP contribution in [0.5, 0.6) is 0 Å². The molecule has 1 aliphatic rings. The van der Waals surface area contributed by atoms with Gasteiger partial charge in [-0.05, 0) is 63.9 Å². The van der Waals surface area contributed by atoms with Crippen LogP contribution in [0.3, 0.4) is 0 Å². The van der Waals surface area contributed by atoms with Crippen molar-refractivity contribution in [2.45, 2.75) is 85.2 Å². The molecule has 0 aromatic carbocycles. The molecule has 24 heavy (non-hydrogen) atoms. The smallest absolute Gasteiger partial charge is 0.145 e. The molecule has 0 spiro atoms. The van der Waals surface area contributed by atoms with E-state index in [1.54, 1.807) is 4.91 Å². The predicted octanol–water partition coefficient (Wildman–Crippen LogP) is 4.73. The summed E-state index contributed by atoms with van der Waals surface area (Å²) < 4.78 is 0. The van der Waals surface area contributed by atoms with Crippen LogP contribution in [0.4, 0.5) is 0 Å². The number of hydrogen-bond donors (Lipinski definition) is 1. The van der Waals surface area contributed by atoms with E-state index in [4.69, 9.17) is 11.1 Å². The molecule has 0 bridgehead atoms. The topological polar surface area (TPSA) is 97.6 Å². The SMILES string of the molecule is CN1C(C)(C)CC(CC(=O)CC(=O)C(C)(C)C)CC1(C)C.[N-]=[N+]=N. The Bertz CT molecular complexity index is 480. The van der Waals surface area contributed by atoms with Crippen molar-refractivity contribution in [1.82, 2.24) is 4.90 Å². The number of likely N-dealkylation sites (tertiary alicyclic amines) is 1. The summed E-state index contributed by atoms with van der Waals surface area (Å²) in [6, 6.07) is 0. The van der Waals surface area contributed by atoms with Gasteiger partial charge in [0.05, 0.1) is 6.42 Å². The van der Waals surface area contributed by atoms with E-state index in [1.165, 1.54) is 0 Å². The summed E-state index contributed by atoms with van der Waals surface area (Å²) in [4.78, 5) is 28.4. The minimum atomic E-state index is -0.416. The lowest BCUT2D eigenvalue weighted by molar-refractivity contribution is -0.132. The summed E-state index contributed by atoms with van der Waals surface area (Å²) in [5.41, 5.74) is 12.0. The number of nitrogens with one attached hydrogen (secondary N) is 1. The highest BCUT2D eigenvalue weighted by molar-refractivity contribution is 6.01. The highest BCUT2D eigenvalue weighted by Crippen LogP contribution is 2.41. The first-order chi connectivity index (χ1) is 10.7. The van der Waals surface area contributed by atoms with Gasteiger partial charge in [-0.15, -0.1) is 5.53 Å². The maximum Gasteiger partial charge on any atom is 0.145 e. The average molecular weight is 338 g/mol. The van der Waals surface area contributed by atoms with Gasteiger partial charge >= 0.3 is 0 Å². The average Bonchev–Trinajstić information content (AvgIpc) is 2.34. The van der Waals surface area contributed by atoms with Crippen LogP contribution < -0.4 is 0 Å². The Labute approximate surface area is 146 Å². The van der Waals surface area contributed by atoms with Crippen LogP contribution in [-0.4, -0.2) is 34.6 Å². The highest BCUT2D eigenvalue weighted by Gasteiger charge is 2.43. The maximum atomic E-state index is 12.2. The molecule has 0 aromatic heterocycles. The summed E-state index contributed by atoms with van der Waals surface area (Å²) >= 11 is 0. The van der Waals surface area contributed by atoms with Crippen molar-refractivity contribution >= 4 is 11.6 Å². The molecule has 0 unspecified atom stereocenters. The lowest BCUT2D eigenvalue weighted by Crippen LogP contribution is -2.58. The van der Waals surface area contributed by atoms with Crippen molar-refractivity contribution in [3.63, 3.8) is 0 Å². The number of carbonyl (C=O) groups excluding carboxylic acids is 2. The molecule has 1 saturated heterocycles. The predicted molar refractivity (Wildman–Crippen MR) is 96.8 cm³/mol. The van der Waals surface area contributed by atoms with Crippen LogP contribution >= 0.6 is 0 Å². The summed E-state index contributed by atoms with van der Waals surface area (Å²) in [6.07, 6.45) is 2.67. The number of piperidine rings is 1. The van der Waals surface area contributed by atoms with Gasteiger partial charge in [0, 0.05) is 22.9 Å². The van der Waals surface area contributed by atoms with Gasteiger partial charge in [-0.3, -0.25) is 14.5 Å². The fraction of sp³-hybridized carbons (Fsp3) is 0.889. The number of Topliss-reactive ketones (excluding diaryl/α,β-unsaturated/α-hetero) is 2. The van der Waals surface area contributed by atoms with E-state index in [9.17, 15) is 9.59 Å². The summed E-state index contributed by atoms with van der Waals surface area (Å²) in [5.74, 6) is 0.543. The summed E-state index contributed by atoms with van der Waals surface area (Å²) in [5, 5.41) is 0. The molecule has 6 nitrogen and oxygen atoms in total. The van der Waals surface area contributed by atoms with Crippen molar-refractivity contribution in [1.29, 1.82) is 5.53 Å². The third kappa shape index (κ3) is 6.62. The molecule has 1 N–H and O–H groups in total. The Morgan fingerprint density at radius 1 is 1.17 bits per heavy atom. The van der Waals surface area contributed by atoms with Crippen molar-refractivity contribution in [2.75, 3.05) is 7.05 Å². The molecule has 0 amide bonds. The Hall–Kier alpha value is -1.39. The van der Waals surface area contributed by atoms with Crippen LogP contribution in [0.1, 0.15) is 74.1 Å². The fourth-order valence-corrected chi connectivity index (χ4v) is 3.56. The van der Waals surface area contributed by atoms with E-state index in [0.29, 0.717) is 12.3 Å².